The van der Waals surface area contributed by atoms with Crippen molar-refractivity contribution in [2.24, 2.45) is 9.98 Å². The number of hydrogen-bond donors (Lipinski definition) is 3. The molecule has 4 N–H and O–H groups in total. The summed E-state index contributed by atoms with van der Waals surface area (Å²) in [5.74, 6) is 0. The van der Waals surface area contributed by atoms with Gasteiger partial charge in [-0.1, -0.05) is 24.3 Å². The van der Waals surface area contributed by atoms with Gasteiger partial charge in [0.25, 0.3) is 0 Å². The number of para-hydroxylation sites is 1. The molecule has 0 saturated heterocycles. The first-order valence-corrected chi connectivity index (χ1v) is 10.4. The molecule has 0 saturated carbocycles. The number of aromatic amines is 1. The third-order valence-electron chi connectivity index (χ3n) is 5.85. The minimum absolute atomic E-state index is 0.458. The largest absolute Gasteiger partial charge is 0.398 e. The third-order valence-corrected chi connectivity index (χ3v) is 5.85. The van der Waals surface area contributed by atoms with Gasteiger partial charge in [0.15, 0.2) is 0 Å². The Labute approximate surface area is 179 Å². The van der Waals surface area contributed by atoms with E-state index in [4.69, 9.17) is 10.7 Å². The van der Waals surface area contributed by atoms with Crippen LogP contribution in [0.5, 0.6) is 0 Å². The Morgan fingerprint density at radius 3 is 2.42 bits per heavy atom. The van der Waals surface area contributed by atoms with Crippen LogP contribution in [0.2, 0.25) is 0 Å². The Balaban J connectivity index is 1.55. The molecule has 6 rings (SSSR count). The number of fused-ring (bicyclic) bond motifs is 6. The summed E-state index contributed by atoms with van der Waals surface area (Å²) in [5, 5.41) is 5.76. The molecular weight excluding hydrogens is 382 g/mol. The van der Waals surface area contributed by atoms with Crippen molar-refractivity contribution in [2.75, 3.05) is 5.73 Å². The molecule has 5 heterocycles. The van der Waals surface area contributed by atoms with Crippen LogP contribution in [0.15, 0.2) is 106 Å². The number of aromatic nitrogens is 1. The quantitative estimate of drug-likeness (QED) is 0.640. The van der Waals surface area contributed by atoms with E-state index in [1.54, 1.807) is 0 Å². The van der Waals surface area contributed by atoms with Crippen LogP contribution < -0.4 is 21.7 Å². The Morgan fingerprint density at radius 2 is 1.55 bits per heavy atom. The summed E-state index contributed by atoms with van der Waals surface area (Å²) in [5.41, 5.74) is 12.4. The first kappa shape index (κ1) is 17.7. The average Bonchev–Trinajstić information content (AvgIpc) is 3.54. The van der Waals surface area contributed by atoms with E-state index in [-0.39, 0.29) is 0 Å². The number of hydrogen-bond acceptors (Lipinski definition) is 4. The Morgan fingerprint density at radius 1 is 0.806 bits per heavy atom. The van der Waals surface area contributed by atoms with E-state index in [0.29, 0.717) is 0 Å². The fourth-order valence-corrected chi connectivity index (χ4v) is 4.42. The van der Waals surface area contributed by atoms with Crippen LogP contribution in [0.1, 0.15) is 12.0 Å². The molecule has 5 nitrogen and oxygen atoms in total. The monoisotopic (exact) mass is 403 g/mol. The lowest BCUT2D eigenvalue weighted by Gasteiger charge is -2.30. The molecule has 8 bridgehead atoms. The number of nitrogen functional groups attached to an aromatic ring is 1. The van der Waals surface area contributed by atoms with Gasteiger partial charge < -0.3 is 16.0 Å². The van der Waals surface area contributed by atoms with Gasteiger partial charge >= 0.3 is 0 Å². The predicted octanol–water partition coefficient (Wildman–Crippen LogP) is 2.73. The van der Waals surface area contributed by atoms with Gasteiger partial charge in [0.1, 0.15) is 0 Å². The molecule has 0 radical (unpaired) electrons. The number of anilines is 1. The first-order chi connectivity index (χ1) is 15.1. The van der Waals surface area contributed by atoms with E-state index in [2.05, 4.69) is 51.7 Å². The van der Waals surface area contributed by atoms with Crippen molar-refractivity contribution >= 4 is 29.3 Å². The number of H-pyrrole nitrogens is 1. The molecule has 1 aromatic heterocycles. The van der Waals surface area contributed by atoms with E-state index >= 15 is 0 Å². The van der Waals surface area contributed by atoms with Gasteiger partial charge in [0, 0.05) is 27.6 Å². The van der Waals surface area contributed by atoms with Crippen LogP contribution in [0.3, 0.4) is 0 Å². The van der Waals surface area contributed by atoms with E-state index in [1.165, 1.54) is 0 Å². The van der Waals surface area contributed by atoms with E-state index in [9.17, 15) is 0 Å². The van der Waals surface area contributed by atoms with Crippen molar-refractivity contribution in [1.82, 2.24) is 10.3 Å². The van der Waals surface area contributed by atoms with Gasteiger partial charge in [-0.15, -0.1) is 0 Å². The Hall–Kier alpha value is -4.12. The first-order valence-electron chi connectivity index (χ1n) is 10.4. The maximum atomic E-state index is 6.40. The average molecular weight is 403 g/mol. The summed E-state index contributed by atoms with van der Waals surface area (Å²) >= 11 is 0. The molecule has 4 aliphatic heterocycles. The number of nitrogens with one attached hydrogen (secondary N) is 2. The van der Waals surface area contributed by atoms with Crippen molar-refractivity contribution in [1.29, 1.82) is 0 Å². The SMILES string of the molecule is Nc1ccccc1C12C=C3C=CC(=N3)C=C3C=CC(=N3)C=c3ccc([nH]3)=CC(=CC1)N2. The number of benzene rings is 1. The van der Waals surface area contributed by atoms with Gasteiger partial charge in [0.2, 0.25) is 0 Å². The van der Waals surface area contributed by atoms with E-state index < -0.39 is 5.54 Å². The summed E-state index contributed by atoms with van der Waals surface area (Å²) < 4.78 is 0. The molecule has 0 fully saturated rings. The van der Waals surface area contributed by atoms with Gasteiger partial charge in [-0.2, -0.15) is 0 Å². The standard InChI is InChI=1S/C26H21N5/c27-25-4-2-1-3-24(25)26-12-11-22(31-26)15-21-8-7-18(29-21)13-17-5-6-19(28-17)14-20-9-10-23(16-26)30-20/h1-11,13-16,29,31H,12,27H2. The van der Waals surface area contributed by atoms with Gasteiger partial charge in [-0.25, -0.2) is 9.98 Å². The minimum atomic E-state index is -0.458. The molecule has 0 amide bonds. The fourth-order valence-electron chi connectivity index (χ4n) is 4.42. The Kier molecular flexibility index (Phi) is 3.83. The second-order valence-electron chi connectivity index (χ2n) is 8.08. The number of allylic oxidation sites excluding steroid dienone is 6. The highest BCUT2D eigenvalue weighted by atomic mass is 15.0. The zero-order chi connectivity index (χ0) is 20.8. The summed E-state index contributed by atoms with van der Waals surface area (Å²) in [6.45, 7) is 0. The maximum absolute atomic E-state index is 6.40. The van der Waals surface area contributed by atoms with Crippen LogP contribution in [0.25, 0.3) is 12.2 Å². The minimum Gasteiger partial charge on any atom is -0.398 e. The summed E-state index contributed by atoms with van der Waals surface area (Å²) in [6.07, 6.45) is 19.4. The zero-order valence-electron chi connectivity index (χ0n) is 16.8. The van der Waals surface area contributed by atoms with Crippen LogP contribution in [-0.4, -0.2) is 16.4 Å². The molecule has 1 atom stereocenters. The van der Waals surface area contributed by atoms with Gasteiger partial charge in [-0.05, 0) is 73.2 Å². The van der Waals surface area contributed by atoms with Gasteiger partial charge in [-0.3, -0.25) is 0 Å². The lowest BCUT2D eigenvalue weighted by molar-refractivity contribution is 0.508. The lowest BCUT2D eigenvalue weighted by atomic mass is 9.86. The molecule has 150 valence electrons. The third kappa shape index (κ3) is 3.20. The molecule has 4 aliphatic rings. The number of nitrogens with two attached hydrogens (primary N) is 1. The molecular formula is C26H21N5. The summed E-state index contributed by atoms with van der Waals surface area (Å²) in [4.78, 5) is 13.0. The van der Waals surface area contributed by atoms with Crippen LogP contribution in [0.4, 0.5) is 5.69 Å². The van der Waals surface area contributed by atoms with Crippen molar-refractivity contribution in [2.45, 2.75) is 12.0 Å². The second kappa shape index (κ2) is 6.71. The van der Waals surface area contributed by atoms with Gasteiger partial charge in [0.05, 0.1) is 28.4 Å². The number of nitrogens with zero attached hydrogens (tertiary/aromatic N) is 2. The molecule has 1 unspecified atom stereocenters. The number of aliphatic imine (C=N–C) groups is 2. The van der Waals surface area contributed by atoms with E-state index in [1.807, 2.05) is 54.7 Å². The van der Waals surface area contributed by atoms with Crippen LogP contribution in [0, 0.1) is 0 Å². The summed E-state index contributed by atoms with van der Waals surface area (Å²) in [7, 11) is 0. The molecule has 0 aliphatic carbocycles. The fraction of sp³-hybridized carbons (Fsp3) is 0.0769. The van der Waals surface area contributed by atoms with Crippen molar-refractivity contribution in [3.05, 3.63) is 112 Å². The molecule has 5 heteroatoms. The summed E-state index contributed by atoms with van der Waals surface area (Å²) in [6, 6.07) is 12.2. The van der Waals surface area contributed by atoms with Crippen LogP contribution in [-0.2, 0) is 5.54 Å². The van der Waals surface area contributed by atoms with Crippen LogP contribution >= 0.6 is 0 Å². The normalized spacial score (nSPS) is 23.2. The van der Waals surface area contributed by atoms with Crippen molar-refractivity contribution in [3.8, 4) is 0 Å². The second-order valence-corrected chi connectivity index (χ2v) is 8.08. The van der Waals surface area contributed by atoms with Crippen molar-refractivity contribution in [3.63, 3.8) is 0 Å². The highest BCUT2D eigenvalue weighted by molar-refractivity contribution is 6.19. The molecule has 1 aromatic carbocycles. The smallest absolute Gasteiger partial charge is 0.0888 e. The maximum Gasteiger partial charge on any atom is 0.0888 e. The highest BCUT2D eigenvalue weighted by Crippen LogP contribution is 2.38. The highest BCUT2D eigenvalue weighted by Gasteiger charge is 2.35. The Bertz CT molecular complexity index is 1440. The predicted molar refractivity (Wildman–Crippen MR) is 127 cm³/mol. The molecule has 31 heavy (non-hydrogen) atoms. The number of rotatable bonds is 1. The van der Waals surface area contributed by atoms with E-state index in [0.717, 1.165) is 56.9 Å². The lowest BCUT2D eigenvalue weighted by Crippen LogP contribution is -2.36. The topological polar surface area (TPSA) is 78.6 Å². The zero-order valence-corrected chi connectivity index (χ0v) is 16.8. The van der Waals surface area contributed by atoms with Crippen molar-refractivity contribution < 1.29 is 0 Å². The molecule has 0 spiro atoms. The molecule has 2 aromatic rings.